The molecule has 0 unspecified atom stereocenters. The standard InChI is InChI=1S/C24H16F3N5O/c25-24(26,27)33-17-9-7-16(8-10-17)32-22-6-2-1-5-19(22)31-21-13-20(18(28)12-23(21)32)30-15-4-3-11-29-14-15/h1-14,28,30H. The van der Waals surface area contributed by atoms with Gasteiger partial charge < -0.3 is 14.6 Å². The second-order valence-electron chi connectivity index (χ2n) is 7.23. The summed E-state index contributed by atoms with van der Waals surface area (Å²) in [4.78, 5) is 8.81. The molecular weight excluding hydrogens is 431 g/mol. The average Bonchev–Trinajstić information content (AvgIpc) is 2.79. The van der Waals surface area contributed by atoms with Gasteiger partial charge in [-0.3, -0.25) is 10.4 Å². The van der Waals surface area contributed by atoms with Crippen molar-refractivity contribution in [2.75, 3.05) is 5.32 Å². The number of benzene rings is 3. The number of anilines is 2. The van der Waals surface area contributed by atoms with E-state index >= 15 is 0 Å². The van der Waals surface area contributed by atoms with Crippen LogP contribution in [0.3, 0.4) is 0 Å². The molecule has 0 saturated heterocycles. The largest absolute Gasteiger partial charge is 0.573 e. The van der Waals surface area contributed by atoms with E-state index in [9.17, 15) is 13.2 Å². The van der Waals surface area contributed by atoms with E-state index in [0.717, 1.165) is 11.2 Å². The number of pyridine rings is 1. The van der Waals surface area contributed by atoms with Crippen molar-refractivity contribution in [2.45, 2.75) is 6.36 Å². The number of hydrogen-bond acceptors (Lipinski definition) is 5. The van der Waals surface area contributed by atoms with Gasteiger partial charge in [-0.1, -0.05) is 12.1 Å². The van der Waals surface area contributed by atoms with Crippen molar-refractivity contribution in [3.8, 4) is 22.8 Å². The van der Waals surface area contributed by atoms with Crippen LogP contribution in [-0.2, 0) is 0 Å². The van der Waals surface area contributed by atoms with Gasteiger partial charge in [-0.2, -0.15) is 0 Å². The molecule has 5 rings (SSSR count). The van der Waals surface area contributed by atoms with E-state index in [2.05, 4.69) is 15.0 Å². The minimum atomic E-state index is -4.76. The van der Waals surface area contributed by atoms with Gasteiger partial charge in [-0.25, -0.2) is 4.98 Å². The lowest BCUT2D eigenvalue weighted by Crippen LogP contribution is -2.17. The molecule has 0 fully saturated rings. The highest BCUT2D eigenvalue weighted by atomic mass is 19.4. The third-order valence-electron chi connectivity index (χ3n) is 4.99. The number of aromatic nitrogens is 3. The van der Waals surface area contributed by atoms with Crippen LogP contribution in [0.2, 0.25) is 0 Å². The molecule has 1 aliphatic heterocycles. The predicted octanol–water partition coefficient (Wildman–Crippen LogP) is 5.65. The normalized spacial score (nSPS) is 11.6. The third-order valence-corrected chi connectivity index (χ3v) is 4.99. The lowest BCUT2D eigenvalue weighted by atomic mass is 10.1. The molecule has 2 aliphatic rings. The summed E-state index contributed by atoms with van der Waals surface area (Å²) in [5.41, 5.74) is 4.61. The SMILES string of the molecule is N=c1cc2n(-c3ccc(OC(F)(F)F)cc3)c3ccccc3nc-2cc1Nc1cccnc1. The van der Waals surface area contributed by atoms with Crippen molar-refractivity contribution in [2.24, 2.45) is 0 Å². The summed E-state index contributed by atoms with van der Waals surface area (Å²) in [5.74, 6) is -0.307. The Bertz CT molecular complexity index is 1460. The van der Waals surface area contributed by atoms with E-state index in [1.807, 2.05) is 34.9 Å². The Kier molecular flexibility index (Phi) is 4.93. The van der Waals surface area contributed by atoms with Crippen molar-refractivity contribution in [3.05, 3.63) is 90.5 Å². The van der Waals surface area contributed by atoms with Crippen molar-refractivity contribution < 1.29 is 17.9 Å². The molecule has 0 radical (unpaired) electrons. The average molecular weight is 447 g/mol. The van der Waals surface area contributed by atoms with Gasteiger partial charge >= 0.3 is 6.36 Å². The van der Waals surface area contributed by atoms with Gasteiger partial charge in [0.05, 0.1) is 45.4 Å². The Morgan fingerprint density at radius 3 is 2.45 bits per heavy atom. The maximum atomic E-state index is 12.6. The monoisotopic (exact) mass is 447 g/mol. The van der Waals surface area contributed by atoms with E-state index in [4.69, 9.17) is 10.4 Å². The maximum absolute atomic E-state index is 12.6. The molecule has 0 spiro atoms. The first-order chi connectivity index (χ1) is 15.9. The topological polar surface area (TPSA) is 75.8 Å². The van der Waals surface area contributed by atoms with E-state index in [1.54, 1.807) is 42.7 Å². The first-order valence-corrected chi connectivity index (χ1v) is 9.91. The molecule has 9 heteroatoms. The number of para-hydroxylation sites is 2. The smallest absolute Gasteiger partial charge is 0.406 e. The first-order valence-electron chi connectivity index (χ1n) is 9.91. The molecule has 33 heavy (non-hydrogen) atoms. The molecule has 2 heterocycles. The molecule has 0 bridgehead atoms. The lowest BCUT2D eigenvalue weighted by Gasteiger charge is -2.20. The van der Waals surface area contributed by atoms with Gasteiger partial charge in [-0.05, 0) is 60.7 Å². The predicted molar refractivity (Wildman–Crippen MR) is 118 cm³/mol. The van der Waals surface area contributed by atoms with Crippen LogP contribution in [0.1, 0.15) is 0 Å². The van der Waals surface area contributed by atoms with Crippen LogP contribution < -0.4 is 15.4 Å². The number of halogens is 3. The number of nitrogens with one attached hydrogen (secondary N) is 2. The molecule has 6 nitrogen and oxygen atoms in total. The minimum Gasteiger partial charge on any atom is -0.406 e. The van der Waals surface area contributed by atoms with E-state index in [-0.39, 0.29) is 11.1 Å². The molecule has 3 aromatic rings. The zero-order valence-corrected chi connectivity index (χ0v) is 17.0. The van der Waals surface area contributed by atoms with Crippen LogP contribution in [0.25, 0.3) is 28.1 Å². The van der Waals surface area contributed by atoms with Gasteiger partial charge in [0.15, 0.2) is 0 Å². The van der Waals surface area contributed by atoms with Crippen LogP contribution in [0.5, 0.6) is 5.75 Å². The first kappa shape index (κ1) is 20.5. The number of nitrogens with zero attached hydrogens (tertiary/aromatic N) is 3. The Balaban J connectivity index is 1.67. The fourth-order valence-corrected chi connectivity index (χ4v) is 3.62. The van der Waals surface area contributed by atoms with Crippen molar-refractivity contribution in [1.29, 1.82) is 5.41 Å². The van der Waals surface area contributed by atoms with Gasteiger partial charge in [-0.15, -0.1) is 13.2 Å². The molecule has 0 amide bonds. The van der Waals surface area contributed by atoms with E-state index in [0.29, 0.717) is 28.3 Å². The summed E-state index contributed by atoms with van der Waals surface area (Å²) < 4.78 is 43.5. The fraction of sp³-hybridized carbons (Fsp3) is 0.0417. The fourth-order valence-electron chi connectivity index (χ4n) is 3.62. The molecule has 2 aromatic carbocycles. The molecule has 1 aromatic heterocycles. The van der Waals surface area contributed by atoms with Gasteiger partial charge in [0.1, 0.15) is 5.75 Å². The van der Waals surface area contributed by atoms with Crippen molar-refractivity contribution in [3.63, 3.8) is 0 Å². The molecule has 0 atom stereocenters. The maximum Gasteiger partial charge on any atom is 0.573 e. The number of ether oxygens (including phenoxy) is 1. The Hall–Kier alpha value is -4.40. The van der Waals surface area contributed by atoms with Crippen LogP contribution in [-0.4, -0.2) is 20.9 Å². The van der Waals surface area contributed by atoms with E-state index < -0.39 is 6.36 Å². The Morgan fingerprint density at radius 2 is 1.73 bits per heavy atom. The summed E-state index contributed by atoms with van der Waals surface area (Å²) in [6.45, 7) is 0. The summed E-state index contributed by atoms with van der Waals surface area (Å²) in [6.07, 6.45) is -1.44. The van der Waals surface area contributed by atoms with Crippen LogP contribution in [0.15, 0.2) is 85.2 Å². The molecular formula is C24H16F3N5O. The molecule has 1 aliphatic carbocycles. The molecule has 164 valence electrons. The van der Waals surface area contributed by atoms with Gasteiger partial charge in [0.2, 0.25) is 0 Å². The second kappa shape index (κ2) is 7.94. The Morgan fingerprint density at radius 1 is 0.939 bits per heavy atom. The minimum absolute atomic E-state index is 0.231. The van der Waals surface area contributed by atoms with Gasteiger partial charge in [0.25, 0.3) is 0 Å². The summed E-state index contributed by atoms with van der Waals surface area (Å²) in [6, 6.07) is 20.1. The van der Waals surface area contributed by atoms with Crippen LogP contribution in [0, 0.1) is 5.41 Å². The summed E-state index contributed by atoms with van der Waals surface area (Å²) in [5, 5.41) is 11.9. The highest BCUT2D eigenvalue weighted by Gasteiger charge is 2.31. The second-order valence-corrected chi connectivity index (χ2v) is 7.23. The van der Waals surface area contributed by atoms with Gasteiger partial charge in [0, 0.05) is 11.9 Å². The van der Waals surface area contributed by atoms with Crippen molar-refractivity contribution >= 4 is 22.4 Å². The molecule has 2 N–H and O–H groups in total. The van der Waals surface area contributed by atoms with Crippen molar-refractivity contribution in [1.82, 2.24) is 14.5 Å². The summed E-state index contributed by atoms with van der Waals surface area (Å²) >= 11 is 0. The summed E-state index contributed by atoms with van der Waals surface area (Å²) in [7, 11) is 0. The zero-order chi connectivity index (χ0) is 23.0. The Labute approximate surface area is 185 Å². The van der Waals surface area contributed by atoms with E-state index in [1.165, 1.54) is 12.1 Å². The quantitative estimate of drug-likeness (QED) is 0.349. The highest BCUT2D eigenvalue weighted by Crippen LogP contribution is 2.31. The zero-order valence-electron chi connectivity index (χ0n) is 17.0. The highest BCUT2D eigenvalue weighted by molar-refractivity contribution is 5.84. The third kappa shape index (κ3) is 4.20. The number of rotatable bonds is 4. The molecule has 0 saturated carbocycles. The number of hydrogen-bond donors (Lipinski definition) is 2. The van der Waals surface area contributed by atoms with Crippen LogP contribution in [0.4, 0.5) is 24.5 Å². The lowest BCUT2D eigenvalue weighted by molar-refractivity contribution is -0.274. The number of alkyl halides is 3. The van der Waals surface area contributed by atoms with Crippen LogP contribution >= 0.6 is 0 Å². The number of fused-ring (bicyclic) bond motifs is 2.